The molecule has 0 aromatic heterocycles. The van der Waals surface area contributed by atoms with E-state index in [-0.39, 0.29) is 40.0 Å². The lowest BCUT2D eigenvalue weighted by Gasteiger charge is -2.11. The van der Waals surface area contributed by atoms with Crippen LogP contribution in [-0.4, -0.2) is 37.2 Å². The molecule has 0 unspecified atom stereocenters. The highest BCUT2D eigenvalue weighted by Crippen LogP contribution is 2.33. The van der Waals surface area contributed by atoms with Gasteiger partial charge in [0.15, 0.2) is 17.2 Å². The fourth-order valence-corrected chi connectivity index (χ4v) is 4.60. The van der Waals surface area contributed by atoms with E-state index in [0.29, 0.717) is 16.7 Å². The van der Waals surface area contributed by atoms with Gasteiger partial charge in [-0.3, -0.25) is 20.2 Å². The number of cyclic esters (lactones) is 1. The van der Waals surface area contributed by atoms with Crippen LogP contribution in [0.3, 0.4) is 0 Å². The number of hydrogen-bond donors (Lipinski definition) is 0. The number of hydrogen-bond acceptors (Lipinski definition) is 11. The standard InChI is InChI=1S/C25H19N3O10S/c1-14-4-7-18(13-21(14)28(32)33)39(34,35)38-22-9-5-16(12-23(22)36-3)11-19-25(29)37-24(26-19)17-6-8-20(27(30)31)15(2)10-17/h4-13H,1-3H3/b19-11-. The Labute approximate surface area is 221 Å². The third-order valence-corrected chi connectivity index (χ3v) is 6.85. The molecule has 0 radical (unpaired) electrons. The number of aryl methyl sites for hydroxylation is 2. The van der Waals surface area contributed by atoms with Gasteiger partial charge in [0.25, 0.3) is 11.4 Å². The van der Waals surface area contributed by atoms with Gasteiger partial charge in [-0.25, -0.2) is 9.79 Å². The van der Waals surface area contributed by atoms with Crippen molar-refractivity contribution < 1.29 is 36.7 Å². The van der Waals surface area contributed by atoms with Crippen LogP contribution in [0.4, 0.5) is 11.4 Å². The van der Waals surface area contributed by atoms with Gasteiger partial charge >= 0.3 is 16.1 Å². The Kier molecular flexibility index (Phi) is 7.14. The van der Waals surface area contributed by atoms with Gasteiger partial charge in [0.05, 0.1) is 17.0 Å². The number of nitro benzene ring substituents is 2. The first-order valence-electron chi connectivity index (χ1n) is 11.0. The molecule has 0 atom stereocenters. The number of esters is 1. The molecule has 13 nitrogen and oxygen atoms in total. The van der Waals surface area contributed by atoms with Gasteiger partial charge in [-0.2, -0.15) is 8.42 Å². The molecule has 0 saturated heterocycles. The molecule has 1 heterocycles. The Balaban J connectivity index is 1.61. The second kappa shape index (κ2) is 10.3. The van der Waals surface area contributed by atoms with Gasteiger partial charge in [-0.05, 0) is 55.8 Å². The van der Waals surface area contributed by atoms with Crippen LogP contribution in [0, 0.1) is 34.1 Å². The number of ether oxygens (including phenoxy) is 2. The maximum absolute atomic E-state index is 12.8. The van der Waals surface area contributed by atoms with E-state index < -0.39 is 30.8 Å². The summed E-state index contributed by atoms with van der Waals surface area (Å²) in [5.74, 6) is -0.989. The van der Waals surface area contributed by atoms with Gasteiger partial charge in [0.2, 0.25) is 5.90 Å². The van der Waals surface area contributed by atoms with Gasteiger partial charge in [0, 0.05) is 28.8 Å². The quantitative estimate of drug-likeness (QED) is 0.129. The van der Waals surface area contributed by atoms with Crippen molar-refractivity contribution in [2.45, 2.75) is 18.7 Å². The van der Waals surface area contributed by atoms with Crippen LogP contribution in [-0.2, 0) is 19.6 Å². The third kappa shape index (κ3) is 5.60. The van der Waals surface area contributed by atoms with Crippen molar-refractivity contribution in [3.63, 3.8) is 0 Å². The fourth-order valence-electron chi connectivity index (χ4n) is 3.63. The zero-order chi connectivity index (χ0) is 28.5. The van der Waals surface area contributed by atoms with Crippen molar-refractivity contribution >= 4 is 39.4 Å². The highest BCUT2D eigenvalue weighted by molar-refractivity contribution is 7.87. The van der Waals surface area contributed by atoms with E-state index in [1.165, 1.54) is 68.6 Å². The highest BCUT2D eigenvalue weighted by Gasteiger charge is 2.26. The molecule has 39 heavy (non-hydrogen) atoms. The Hall–Kier alpha value is -5.11. The van der Waals surface area contributed by atoms with Crippen LogP contribution in [0.15, 0.2) is 70.2 Å². The summed E-state index contributed by atoms with van der Waals surface area (Å²) < 4.78 is 41.2. The van der Waals surface area contributed by atoms with Crippen molar-refractivity contribution in [2.75, 3.05) is 7.11 Å². The number of methoxy groups -OCH3 is 1. The smallest absolute Gasteiger partial charge is 0.363 e. The summed E-state index contributed by atoms with van der Waals surface area (Å²) in [5.41, 5.74) is 0.879. The Bertz CT molecular complexity index is 1710. The predicted octanol–water partition coefficient (Wildman–Crippen LogP) is 4.24. The lowest BCUT2D eigenvalue weighted by atomic mass is 10.1. The van der Waals surface area contributed by atoms with E-state index in [9.17, 15) is 33.4 Å². The second-order valence-electron chi connectivity index (χ2n) is 8.25. The van der Waals surface area contributed by atoms with Crippen LogP contribution < -0.4 is 8.92 Å². The van der Waals surface area contributed by atoms with Crippen molar-refractivity contribution in [1.82, 2.24) is 0 Å². The summed E-state index contributed by atoms with van der Waals surface area (Å²) in [7, 11) is -3.17. The molecular weight excluding hydrogens is 534 g/mol. The van der Waals surface area contributed by atoms with E-state index >= 15 is 0 Å². The molecule has 0 fully saturated rings. The Morgan fingerprint density at radius 2 is 1.62 bits per heavy atom. The molecule has 3 aromatic carbocycles. The minimum atomic E-state index is -4.45. The van der Waals surface area contributed by atoms with Crippen molar-refractivity contribution in [2.24, 2.45) is 4.99 Å². The number of nitrogens with zero attached hydrogens (tertiary/aromatic N) is 3. The lowest BCUT2D eigenvalue weighted by Crippen LogP contribution is -2.11. The largest absolute Gasteiger partial charge is 0.493 e. The Morgan fingerprint density at radius 1 is 0.897 bits per heavy atom. The lowest BCUT2D eigenvalue weighted by molar-refractivity contribution is -0.385. The number of benzene rings is 3. The molecule has 3 aromatic rings. The van der Waals surface area contributed by atoms with Crippen LogP contribution in [0.25, 0.3) is 6.08 Å². The van der Waals surface area contributed by atoms with Crippen LogP contribution >= 0.6 is 0 Å². The molecule has 14 heteroatoms. The molecular formula is C25H19N3O10S. The third-order valence-electron chi connectivity index (χ3n) is 5.62. The van der Waals surface area contributed by atoms with Crippen molar-refractivity contribution in [1.29, 1.82) is 0 Å². The molecule has 0 spiro atoms. The second-order valence-corrected chi connectivity index (χ2v) is 9.79. The normalized spacial score (nSPS) is 14.1. The van der Waals surface area contributed by atoms with Crippen molar-refractivity contribution in [3.05, 3.63) is 103 Å². The summed E-state index contributed by atoms with van der Waals surface area (Å²) in [6.07, 6.45) is 1.37. The maximum atomic E-state index is 12.8. The maximum Gasteiger partial charge on any atom is 0.363 e. The monoisotopic (exact) mass is 553 g/mol. The first kappa shape index (κ1) is 26.9. The number of aliphatic imine (C=N–C) groups is 1. The first-order valence-corrected chi connectivity index (χ1v) is 12.5. The van der Waals surface area contributed by atoms with Gasteiger partial charge < -0.3 is 13.7 Å². The fraction of sp³-hybridized carbons (Fsp3) is 0.120. The summed E-state index contributed by atoms with van der Waals surface area (Å²) in [6.45, 7) is 3.03. The molecule has 0 aliphatic carbocycles. The van der Waals surface area contributed by atoms with Gasteiger partial charge in [-0.15, -0.1) is 0 Å². The molecule has 0 amide bonds. The van der Waals surface area contributed by atoms with Gasteiger partial charge in [-0.1, -0.05) is 12.1 Å². The summed E-state index contributed by atoms with van der Waals surface area (Å²) >= 11 is 0. The highest BCUT2D eigenvalue weighted by atomic mass is 32.2. The zero-order valence-electron chi connectivity index (χ0n) is 20.6. The van der Waals surface area contributed by atoms with Crippen LogP contribution in [0.2, 0.25) is 0 Å². The minimum absolute atomic E-state index is 0.00361. The molecule has 1 aliphatic rings. The number of carbonyl (C=O) groups excluding carboxylic acids is 1. The van der Waals surface area contributed by atoms with Gasteiger partial charge in [0.1, 0.15) is 4.90 Å². The van der Waals surface area contributed by atoms with Crippen LogP contribution in [0.5, 0.6) is 11.5 Å². The Morgan fingerprint density at radius 3 is 2.26 bits per heavy atom. The summed E-state index contributed by atoms with van der Waals surface area (Å²) in [6, 6.07) is 11.7. The SMILES string of the molecule is COc1cc(/C=C2\N=C(c3ccc([N+](=O)[O-])c(C)c3)OC2=O)ccc1OS(=O)(=O)c1ccc(C)c([N+](=O)[O-])c1. The number of rotatable bonds is 8. The van der Waals surface area contributed by atoms with E-state index in [2.05, 4.69) is 4.99 Å². The zero-order valence-corrected chi connectivity index (χ0v) is 21.4. The molecule has 200 valence electrons. The minimum Gasteiger partial charge on any atom is -0.493 e. The van der Waals surface area contributed by atoms with Crippen LogP contribution in [0.1, 0.15) is 22.3 Å². The van der Waals surface area contributed by atoms with E-state index in [4.69, 9.17) is 13.7 Å². The summed E-state index contributed by atoms with van der Waals surface area (Å²) in [5, 5.41) is 22.2. The van der Waals surface area contributed by atoms with E-state index in [1.54, 1.807) is 6.92 Å². The van der Waals surface area contributed by atoms with E-state index in [0.717, 1.165) is 6.07 Å². The first-order chi connectivity index (χ1) is 18.4. The van der Waals surface area contributed by atoms with E-state index in [1.807, 2.05) is 0 Å². The number of nitro groups is 2. The summed E-state index contributed by atoms with van der Waals surface area (Å²) in [4.78, 5) is 37.2. The average Bonchev–Trinajstić information content (AvgIpc) is 3.24. The van der Waals surface area contributed by atoms with Crippen molar-refractivity contribution in [3.8, 4) is 11.5 Å². The average molecular weight is 554 g/mol. The number of carbonyl (C=O) groups is 1. The molecule has 1 aliphatic heterocycles. The molecule has 0 bridgehead atoms. The molecule has 0 saturated carbocycles. The predicted molar refractivity (Wildman–Crippen MR) is 137 cm³/mol. The molecule has 4 rings (SSSR count). The topological polar surface area (TPSA) is 178 Å². The molecule has 0 N–H and O–H groups in total.